The van der Waals surface area contributed by atoms with Crippen molar-refractivity contribution in [3.8, 4) is 5.75 Å². The molecule has 1 aromatic heterocycles. The van der Waals surface area contributed by atoms with E-state index in [4.69, 9.17) is 4.74 Å². The molecule has 27 heavy (non-hydrogen) atoms. The lowest BCUT2D eigenvalue weighted by atomic mass is 10.2. The molecule has 0 bridgehead atoms. The normalized spacial score (nSPS) is 13.4. The summed E-state index contributed by atoms with van der Waals surface area (Å²) < 4.78 is 7.07. The van der Waals surface area contributed by atoms with Crippen LogP contribution in [-0.2, 0) is 13.1 Å². The molecular formula is C19H20N6OS. The maximum absolute atomic E-state index is 5.21. The van der Waals surface area contributed by atoms with Crippen LogP contribution in [0.2, 0.25) is 0 Å². The molecule has 0 unspecified atom stereocenters. The van der Waals surface area contributed by atoms with Crippen LogP contribution in [0.3, 0.4) is 0 Å². The number of hydrogen-bond acceptors (Lipinski definition) is 7. The Balaban J connectivity index is 1.51. The van der Waals surface area contributed by atoms with Crippen LogP contribution < -0.4 is 15.8 Å². The maximum atomic E-state index is 5.21. The van der Waals surface area contributed by atoms with E-state index in [1.807, 2.05) is 52.2 Å². The van der Waals surface area contributed by atoms with Crippen molar-refractivity contribution in [3.05, 3.63) is 77.5 Å². The number of hydrazone groups is 1. The van der Waals surface area contributed by atoms with E-state index >= 15 is 0 Å². The Morgan fingerprint density at radius 2 is 1.74 bits per heavy atom. The van der Waals surface area contributed by atoms with E-state index in [-0.39, 0.29) is 0 Å². The largest absolute Gasteiger partial charge is 0.497 e. The highest BCUT2D eigenvalue weighted by Crippen LogP contribution is 2.20. The third-order valence-electron chi connectivity index (χ3n) is 4.33. The van der Waals surface area contributed by atoms with E-state index < -0.39 is 0 Å². The van der Waals surface area contributed by atoms with E-state index in [0.717, 1.165) is 27.7 Å². The van der Waals surface area contributed by atoms with Gasteiger partial charge in [-0.1, -0.05) is 42.5 Å². The highest BCUT2D eigenvalue weighted by atomic mass is 32.1. The van der Waals surface area contributed by atoms with Crippen LogP contribution in [0.5, 0.6) is 5.75 Å². The molecule has 4 rings (SSSR count). The Kier molecular flexibility index (Phi) is 4.99. The molecule has 0 fully saturated rings. The number of nitrogens with zero attached hydrogens (tertiary/aromatic N) is 4. The number of aromatic nitrogens is 2. The van der Waals surface area contributed by atoms with Crippen molar-refractivity contribution in [2.45, 2.75) is 18.1 Å². The molecule has 7 nitrogen and oxygen atoms in total. The smallest absolute Gasteiger partial charge is 0.177 e. The number of methoxy groups -OCH3 is 1. The molecule has 0 radical (unpaired) electrons. The van der Waals surface area contributed by atoms with E-state index in [9.17, 15) is 0 Å². The van der Waals surface area contributed by atoms with Crippen LogP contribution in [0.4, 0.5) is 0 Å². The van der Waals surface area contributed by atoms with Crippen LogP contribution in [0, 0.1) is 0 Å². The average Bonchev–Trinajstić information content (AvgIpc) is 3.30. The monoisotopic (exact) mass is 380 g/mol. The molecule has 0 aliphatic carbocycles. The lowest BCUT2D eigenvalue weighted by Gasteiger charge is -2.19. The van der Waals surface area contributed by atoms with Gasteiger partial charge in [0.05, 0.1) is 32.0 Å². The second-order valence-corrected chi connectivity index (χ2v) is 6.54. The fourth-order valence-electron chi connectivity index (χ4n) is 2.89. The molecule has 1 aliphatic heterocycles. The number of benzene rings is 2. The summed E-state index contributed by atoms with van der Waals surface area (Å²) in [7, 11) is 1.66. The number of amidine groups is 1. The van der Waals surface area contributed by atoms with Gasteiger partial charge in [0.2, 0.25) is 0 Å². The average molecular weight is 380 g/mol. The number of rotatable bonds is 6. The van der Waals surface area contributed by atoms with Crippen molar-refractivity contribution >= 4 is 18.5 Å². The lowest BCUT2D eigenvalue weighted by molar-refractivity contribution is 0.287. The molecule has 2 aromatic carbocycles. The topological polar surface area (TPSA) is 66.7 Å². The molecule has 0 amide bonds. The van der Waals surface area contributed by atoms with E-state index in [0.29, 0.717) is 13.1 Å². The van der Waals surface area contributed by atoms with Crippen molar-refractivity contribution in [3.63, 3.8) is 0 Å². The van der Waals surface area contributed by atoms with Gasteiger partial charge in [0, 0.05) is 0 Å². The Hall–Kier alpha value is -2.97. The first-order chi connectivity index (χ1) is 13.2. The summed E-state index contributed by atoms with van der Waals surface area (Å²) in [6.45, 7) is 1.29. The first-order valence-corrected chi connectivity index (χ1v) is 8.97. The Labute approximate surface area is 163 Å². The van der Waals surface area contributed by atoms with Gasteiger partial charge in [0.15, 0.2) is 5.84 Å². The predicted molar refractivity (Wildman–Crippen MR) is 106 cm³/mol. The van der Waals surface area contributed by atoms with E-state index in [2.05, 4.69) is 46.0 Å². The predicted octanol–water partition coefficient (Wildman–Crippen LogP) is 2.42. The molecule has 138 valence electrons. The number of nitrogens with one attached hydrogen (secondary N) is 2. The minimum atomic E-state index is 0.632. The molecule has 2 N–H and O–H groups in total. The zero-order valence-corrected chi connectivity index (χ0v) is 15.7. The minimum Gasteiger partial charge on any atom is -0.497 e. The summed E-state index contributed by atoms with van der Waals surface area (Å²) in [5, 5.41) is 11.5. The molecule has 0 saturated heterocycles. The number of hydrogen-bond donors (Lipinski definition) is 3. The van der Waals surface area contributed by atoms with Gasteiger partial charge in [0.1, 0.15) is 10.8 Å². The summed E-state index contributed by atoms with van der Waals surface area (Å²) in [6, 6.07) is 18.1. The molecule has 1 aliphatic rings. The molecule has 0 atom stereocenters. The van der Waals surface area contributed by atoms with Gasteiger partial charge in [-0.25, -0.2) is 5.53 Å². The Morgan fingerprint density at radius 1 is 1.00 bits per heavy atom. The molecular weight excluding hydrogens is 360 g/mol. The van der Waals surface area contributed by atoms with Crippen LogP contribution in [0.1, 0.15) is 16.7 Å². The van der Waals surface area contributed by atoms with Gasteiger partial charge in [0.25, 0.3) is 0 Å². The third-order valence-corrected chi connectivity index (χ3v) is 4.80. The van der Waals surface area contributed by atoms with E-state index in [1.54, 1.807) is 13.3 Å². The van der Waals surface area contributed by atoms with Crippen LogP contribution in [-0.4, -0.2) is 27.7 Å². The van der Waals surface area contributed by atoms with Gasteiger partial charge >= 0.3 is 0 Å². The first kappa shape index (κ1) is 17.4. The Bertz CT molecular complexity index is 939. The molecule has 2 heterocycles. The standard InChI is InChI=1S/C19H20N6OS/c1-26-16-9-7-15(8-10-16)12-24-18(21-22-23-24)17-11-20-25(19(17)27)13-14-5-3-2-4-6-14/h2-11,22-23,27H,12-13H2,1H3. The van der Waals surface area contributed by atoms with Gasteiger partial charge in [-0.3, -0.25) is 9.69 Å². The highest BCUT2D eigenvalue weighted by molar-refractivity contribution is 7.80. The van der Waals surface area contributed by atoms with Gasteiger partial charge in [-0.2, -0.15) is 5.10 Å². The number of ether oxygens (including phenoxy) is 1. The van der Waals surface area contributed by atoms with Gasteiger partial charge in [-0.05, 0) is 23.3 Å². The third kappa shape index (κ3) is 3.76. The fraction of sp³-hybridized carbons (Fsp3) is 0.158. The summed E-state index contributed by atoms with van der Waals surface area (Å²) >= 11 is 4.68. The second kappa shape index (κ2) is 7.73. The summed E-state index contributed by atoms with van der Waals surface area (Å²) in [5.41, 5.74) is 9.02. The van der Waals surface area contributed by atoms with Crippen LogP contribution in [0.25, 0.3) is 0 Å². The highest BCUT2D eigenvalue weighted by Gasteiger charge is 2.23. The zero-order chi connectivity index (χ0) is 18.6. The number of hydrazine groups is 2. The van der Waals surface area contributed by atoms with Gasteiger partial charge in [-0.15, -0.1) is 23.3 Å². The van der Waals surface area contributed by atoms with Crippen molar-refractivity contribution < 1.29 is 4.74 Å². The van der Waals surface area contributed by atoms with Crippen molar-refractivity contribution in [1.82, 2.24) is 25.9 Å². The maximum Gasteiger partial charge on any atom is 0.177 e. The summed E-state index contributed by atoms with van der Waals surface area (Å²) in [6.07, 6.45) is 1.79. The van der Waals surface area contributed by atoms with Crippen molar-refractivity contribution in [1.29, 1.82) is 0 Å². The van der Waals surface area contributed by atoms with Crippen molar-refractivity contribution in [2.24, 2.45) is 5.10 Å². The molecule has 0 saturated carbocycles. The van der Waals surface area contributed by atoms with Crippen molar-refractivity contribution in [2.75, 3.05) is 7.11 Å². The second-order valence-electron chi connectivity index (χ2n) is 6.12. The zero-order valence-electron chi connectivity index (χ0n) is 14.8. The number of thiol groups is 1. The Morgan fingerprint density at radius 3 is 2.48 bits per heavy atom. The quantitative estimate of drug-likeness (QED) is 0.573. The molecule has 0 spiro atoms. The summed E-state index contributed by atoms with van der Waals surface area (Å²) in [5.74, 6) is 1.58. The SMILES string of the molecule is COc1ccc(CN2NNN=C2c2cnn(Cc3ccccc3)c2S)cc1. The molecule has 8 heteroatoms. The fourth-order valence-corrected chi connectivity index (χ4v) is 3.17. The van der Waals surface area contributed by atoms with E-state index in [1.165, 1.54) is 5.56 Å². The first-order valence-electron chi connectivity index (χ1n) is 8.52. The minimum absolute atomic E-state index is 0.632. The van der Waals surface area contributed by atoms with Crippen LogP contribution >= 0.6 is 12.6 Å². The summed E-state index contributed by atoms with van der Waals surface area (Å²) in [4.78, 5) is 0. The van der Waals surface area contributed by atoms with Crippen LogP contribution in [0.15, 0.2) is 70.9 Å². The van der Waals surface area contributed by atoms with Gasteiger partial charge < -0.3 is 4.74 Å². The lowest BCUT2D eigenvalue weighted by Crippen LogP contribution is -2.40. The molecule has 3 aromatic rings.